The zero-order chi connectivity index (χ0) is 20.7. The minimum atomic E-state index is 0.394. The molecule has 7 heteroatoms. The molecule has 0 fully saturated rings. The number of nitrogens with zero attached hydrogens (tertiary/aromatic N) is 5. The minimum Gasteiger partial charge on any atom is -0.378 e. The topological polar surface area (TPSA) is 58.9 Å². The summed E-state index contributed by atoms with van der Waals surface area (Å²) < 4.78 is 2.08. The van der Waals surface area contributed by atoms with Gasteiger partial charge in [-0.25, -0.2) is 4.98 Å². The van der Waals surface area contributed by atoms with Crippen LogP contribution >= 0.6 is 11.6 Å². The van der Waals surface area contributed by atoms with Crippen molar-refractivity contribution in [3.05, 3.63) is 78.2 Å². The Bertz CT molecular complexity index is 1360. The number of rotatable bonds is 4. The van der Waals surface area contributed by atoms with Gasteiger partial charge in [-0.3, -0.25) is 4.57 Å². The number of nitrogens with one attached hydrogen (secondary N) is 1. The van der Waals surface area contributed by atoms with Gasteiger partial charge in [0.05, 0.1) is 11.0 Å². The second-order valence-electron chi connectivity index (χ2n) is 7.24. The minimum absolute atomic E-state index is 0.394. The summed E-state index contributed by atoms with van der Waals surface area (Å²) in [6.45, 7) is 0. The lowest BCUT2D eigenvalue weighted by Crippen LogP contribution is -2.08. The average Bonchev–Trinajstić information content (AvgIpc) is 3.19. The first-order valence-electron chi connectivity index (χ1n) is 9.53. The zero-order valence-corrected chi connectivity index (χ0v) is 17.3. The summed E-state index contributed by atoms with van der Waals surface area (Å²) in [7, 11) is 4.06. The van der Waals surface area contributed by atoms with Crippen LogP contribution in [0.15, 0.2) is 73.1 Å². The molecule has 5 aromatic rings. The lowest BCUT2D eigenvalue weighted by atomic mass is 10.2. The molecule has 6 nitrogen and oxygen atoms in total. The molecule has 0 atom stereocenters. The van der Waals surface area contributed by atoms with E-state index in [4.69, 9.17) is 11.6 Å². The Morgan fingerprint density at radius 3 is 2.43 bits per heavy atom. The Morgan fingerprint density at radius 1 is 0.900 bits per heavy atom. The molecule has 2 heterocycles. The van der Waals surface area contributed by atoms with Crippen molar-refractivity contribution in [3.8, 4) is 5.69 Å². The van der Waals surface area contributed by atoms with Crippen LogP contribution in [0.2, 0.25) is 5.15 Å². The van der Waals surface area contributed by atoms with E-state index < -0.39 is 0 Å². The molecule has 2 aromatic heterocycles. The molecule has 0 bridgehead atoms. The van der Waals surface area contributed by atoms with Crippen molar-refractivity contribution in [3.63, 3.8) is 0 Å². The van der Waals surface area contributed by atoms with E-state index in [1.54, 1.807) is 0 Å². The molecular formula is C23H19ClN6. The first-order chi connectivity index (χ1) is 14.6. The van der Waals surface area contributed by atoms with Gasteiger partial charge in [-0.05, 0) is 42.5 Å². The SMILES string of the molecule is CN(C)c1ccc(-n2cnc3cc(Nc4nnc(Cl)c5ccccc45)ccc32)cc1. The summed E-state index contributed by atoms with van der Waals surface area (Å²) in [6, 6.07) is 22.3. The second kappa shape index (κ2) is 7.31. The van der Waals surface area contributed by atoms with Gasteiger partial charge in [-0.2, -0.15) is 0 Å². The van der Waals surface area contributed by atoms with Crippen molar-refractivity contribution in [1.29, 1.82) is 0 Å². The first-order valence-corrected chi connectivity index (χ1v) is 9.91. The van der Waals surface area contributed by atoms with Crippen LogP contribution < -0.4 is 10.2 Å². The summed E-state index contributed by atoms with van der Waals surface area (Å²) in [6.07, 6.45) is 1.84. The quantitative estimate of drug-likeness (QED) is 0.424. The third-order valence-corrected chi connectivity index (χ3v) is 5.38. The highest BCUT2D eigenvalue weighted by atomic mass is 35.5. The fourth-order valence-corrected chi connectivity index (χ4v) is 3.71. The Balaban J connectivity index is 1.49. The van der Waals surface area contributed by atoms with E-state index in [2.05, 4.69) is 60.3 Å². The van der Waals surface area contributed by atoms with Crippen LogP contribution in [-0.4, -0.2) is 33.8 Å². The third kappa shape index (κ3) is 3.21. The van der Waals surface area contributed by atoms with Crippen LogP contribution in [0, 0.1) is 0 Å². The number of hydrogen-bond acceptors (Lipinski definition) is 5. The molecule has 0 saturated carbocycles. The Kier molecular flexibility index (Phi) is 4.48. The standard InChI is InChI=1S/C23H19ClN6/c1-29(2)16-8-10-17(11-9-16)30-14-25-20-13-15(7-12-21(20)30)26-23-19-6-4-3-5-18(19)22(24)27-28-23/h3-14H,1-2H3,(H,26,28). The van der Waals surface area contributed by atoms with E-state index in [0.717, 1.165) is 38.9 Å². The maximum absolute atomic E-state index is 6.18. The zero-order valence-electron chi connectivity index (χ0n) is 16.5. The van der Waals surface area contributed by atoms with Crippen LogP contribution in [0.1, 0.15) is 0 Å². The van der Waals surface area contributed by atoms with Crippen molar-refractivity contribution < 1.29 is 0 Å². The molecule has 0 aliphatic carbocycles. The van der Waals surface area contributed by atoms with E-state index in [1.807, 2.05) is 56.8 Å². The van der Waals surface area contributed by atoms with Gasteiger partial charge in [0, 0.05) is 41.9 Å². The van der Waals surface area contributed by atoms with E-state index >= 15 is 0 Å². The monoisotopic (exact) mass is 414 g/mol. The Labute approximate surface area is 178 Å². The molecular weight excluding hydrogens is 396 g/mol. The number of aromatic nitrogens is 4. The number of anilines is 3. The van der Waals surface area contributed by atoms with Gasteiger partial charge in [0.2, 0.25) is 0 Å². The highest BCUT2D eigenvalue weighted by Gasteiger charge is 2.10. The van der Waals surface area contributed by atoms with Crippen molar-refractivity contribution in [2.24, 2.45) is 0 Å². The number of fused-ring (bicyclic) bond motifs is 2. The number of benzene rings is 3. The molecule has 5 rings (SSSR count). The van der Waals surface area contributed by atoms with E-state index in [-0.39, 0.29) is 0 Å². The maximum Gasteiger partial charge on any atom is 0.161 e. The van der Waals surface area contributed by atoms with Gasteiger partial charge in [0.1, 0.15) is 6.33 Å². The molecule has 1 N–H and O–H groups in total. The van der Waals surface area contributed by atoms with Crippen molar-refractivity contribution in [2.75, 3.05) is 24.3 Å². The van der Waals surface area contributed by atoms with Crippen LogP contribution in [-0.2, 0) is 0 Å². The lowest BCUT2D eigenvalue weighted by molar-refractivity contribution is 1.05. The first kappa shape index (κ1) is 18.4. The van der Waals surface area contributed by atoms with Crippen LogP contribution in [0.4, 0.5) is 17.2 Å². The van der Waals surface area contributed by atoms with E-state index in [0.29, 0.717) is 11.0 Å². The van der Waals surface area contributed by atoms with Gasteiger partial charge in [0.15, 0.2) is 11.0 Å². The lowest BCUT2D eigenvalue weighted by Gasteiger charge is -2.13. The summed E-state index contributed by atoms with van der Waals surface area (Å²) in [5.41, 5.74) is 5.04. The number of imidazole rings is 1. The van der Waals surface area contributed by atoms with E-state index in [1.165, 1.54) is 0 Å². The van der Waals surface area contributed by atoms with Crippen LogP contribution in [0.3, 0.4) is 0 Å². The largest absolute Gasteiger partial charge is 0.378 e. The fourth-order valence-electron chi connectivity index (χ4n) is 3.51. The average molecular weight is 415 g/mol. The van der Waals surface area contributed by atoms with E-state index in [9.17, 15) is 0 Å². The molecule has 0 amide bonds. The summed E-state index contributed by atoms with van der Waals surface area (Å²) in [5.74, 6) is 0.660. The molecule has 0 saturated heterocycles. The van der Waals surface area contributed by atoms with Crippen molar-refractivity contribution in [1.82, 2.24) is 19.7 Å². The molecule has 0 radical (unpaired) electrons. The van der Waals surface area contributed by atoms with Gasteiger partial charge >= 0.3 is 0 Å². The van der Waals surface area contributed by atoms with Crippen molar-refractivity contribution >= 4 is 50.6 Å². The predicted molar refractivity (Wildman–Crippen MR) is 123 cm³/mol. The van der Waals surface area contributed by atoms with Crippen LogP contribution in [0.25, 0.3) is 27.5 Å². The molecule has 0 aliphatic heterocycles. The Hall–Kier alpha value is -3.64. The molecule has 0 unspecified atom stereocenters. The normalized spacial score (nSPS) is 11.2. The molecule has 0 aliphatic rings. The number of halogens is 1. The third-order valence-electron chi connectivity index (χ3n) is 5.10. The smallest absolute Gasteiger partial charge is 0.161 e. The molecule has 30 heavy (non-hydrogen) atoms. The van der Waals surface area contributed by atoms with Gasteiger partial charge in [-0.15, -0.1) is 10.2 Å². The second-order valence-corrected chi connectivity index (χ2v) is 7.60. The van der Waals surface area contributed by atoms with Gasteiger partial charge in [-0.1, -0.05) is 35.9 Å². The van der Waals surface area contributed by atoms with Crippen LogP contribution in [0.5, 0.6) is 0 Å². The Morgan fingerprint density at radius 2 is 1.67 bits per heavy atom. The fraction of sp³-hybridized carbons (Fsp3) is 0.0870. The maximum atomic E-state index is 6.18. The van der Waals surface area contributed by atoms with Gasteiger partial charge in [0.25, 0.3) is 0 Å². The summed E-state index contributed by atoms with van der Waals surface area (Å²) >= 11 is 6.18. The molecule has 148 valence electrons. The molecule has 3 aromatic carbocycles. The summed E-state index contributed by atoms with van der Waals surface area (Å²) in [5, 5.41) is 13.8. The summed E-state index contributed by atoms with van der Waals surface area (Å²) in [4.78, 5) is 6.67. The highest BCUT2D eigenvalue weighted by molar-refractivity contribution is 6.34. The number of hydrogen-bond donors (Lipinski definition) is 1. The van der Waals surface area contributed by atoms with Crippen molar-refractivity contribution in [2.45, 2.75) is 0 Å². The van der Waals surface area contributed by atoms with Gasteiger partial charge < -0.3 is 10.2 Å². The molecule has 0 spiro atoms. The highest BCUT2D eigenvalue weighted by Crippen LogP contribution is 2.29. The predicted octanol–water partition coefficient (Wildman–Crippen LogP) is 5.43.